The first-order valence-electron chi connectivity index (χ1n) is 8.99. The molecule has 0 bridgehead atoms. The molecule has 8 nitrogen and oxygen atoms in total. The van der Waals surface area contributed by atoms with Crippen LogP contribution in [0.15, 0.2) is 47.0 Å². The van der Waals surface area contributed by atoms with Crippen LogP contribution in [-0.4, -0.2) is 36.9 Å². The first-order chi connectivity index (χ1) is 14.1. The molecule has 0 fully saturated rings. The Hall–Kier alpha value is -3.55. The van der Waals surface area contributed by atoms with Gasteiger partial charge in [-0.25, -0.2) is 0 Å². The topological polar surface area (TPSA) is 92.9 Å². The molecule has 0 amide bonds. The largest absolute Gasteiger partial charge is 0.493 e. The van der Waals surface area contributed by atoms with E-state index in [0.29, 0.717) is 22.9 Å². The van der Waals surface area contributed by atoms with Crippen molar-refractivity contribution in [2.24, 2.45) is 0 Å². The molecule has 152 valence electrons. The van der Waals surface area contributed by atoms with Crippen LogP contribution in [0.2, 0.25) is 0 Å². The monoisotopic (exact) mass is 398 g/mol. The highest BCUT2D eigenvalue weighted by Gasteiger charge is 2.14. The van der Waals surface area contributed by atoms with Crippen molar-refractivity contribution in [3.05, 3.63) is 53.9 Å². The maximum Gasteiger partial charge on any atom is 0.309 e. The normalized spacial score (nSPS) is 10.4. The number of ether oxygens (including phenoxy) is 4. The summed E-state index contributed by atoms with van der Waals surface area (Å²) < 4.78 is 26.4. The van der Waals surface area contributed by atoms with Crippen molar-refractivity contribution in [2.75, 3.05) is 20.8 Å². The van der Waals surface area contributed by atoms with E-state index in [2.05, 4.69) is 10.1 Å². The first-order valence-corrected chi connectivity index (χ1v) is 8.99. The van der Waals surface area contributed by atoms with Crippen LogP contribution in [0.3, 0.4) is 0 Å². The predicted molar refractivity (Wildman–Crippen MR) is 104 cm³/mol. The molecule has 0 N–H and O–H groups in total. The lowest BCUT2D eigenvalue weighted by Crippen LogP contribution is -2.10. The molecule has 3 aromatic rings. The van der Waals surface area contributed by atoms with Gasteiger partial charge in [-0.1, -0.05) is 23.4 Å². The Labute approximate surface area is 168 Å². The molecule has 0 saturated heterocycles. The number of carbonyl (C=O) groups is 1. The van der Waals surface area contributed by atoms with E-state index in [4.69, 9.17) is 23.5 Å². The number of benzene rings is 2. The molecule has 1 aromatic heterocycles. The molecular weight excluding hydrogens is 376 g/mol. The van der Waals surface area contributed by atoms with Crippen molar-refractivity contribution in [3.8, 4) is 28.6 Å². The lowest BCUT2D eigenvalue weighted by atomic mass is 10.2. The third-order valence-electron chi connectivity index (χ3n) is 4.12. The molecule has 2 aromatic carbocycles. The Morgan fingerprint density at radius 1 is 1.03 bits per heavy atom. The average Bonchev–Trinajstić information content (AvgIpc) is 3.22. The summed E-state index contributed by atoms with van der Waals surface area (Å²) in [7, 11) is 3.11. The molecule has 0 aliphatic rings. The van der Waals surface area contributed by atoms with Crippen LogP contribution in [0.4, 0.5) is 0 Å². The fourth-order valence-electron chi connectivity index (χ4n) is 2.58. The third-order valence-corrected chi connectivity index (χ3v) is 4.12. The van der Waals surface area contributed by atoms with Crippen LogP contribution in [-0.2, 0) is 16.1 Å². The Balaban J connectivity index is 1.50. The molecule has 0 spiro atoms. The van der Waals surface area contributed by atoms with Crippen LogP contribution >= 0.6 is 0 Å². The van der Waals surface area contributed by atoms with Gasteiger partial charge in [0, 0.05) is 5.56 Å². The number of nitrogens with zero attached hydrogens (tertiary/aromatic N) is 2. The Morgan fingerprint density at radius 3 is 2.59 bits per heavy atom. The lowest BCUT2D eigenvalue weighted by Gasteiger charge is -2.08. The number of carbonyl (C=O) groups excluding carboxylic acids is 1. The Bertz CT molecular complexity index is 969. The molecule has 0 radical (unpaired) electrons. The highest BCUT2D eigenvalue weighted by Crippen LogP contribution is 2.31. The van der Waals surface area contributed by atoms with Gasteiger partial charge in [0.05, 0.1) is 27.2 Å². The van der Waals surface area contributed by atoms with E-state index in [1.54, 1.807) is 32.4 Å². The van der Waals surface area contributed by atoms with Crippen LogP contribution in [0.1, 0.15) is 17.9 Å². The van der Waals surface area contributed by atoms with Gasteiger partial charge in [-0.15, -0.1) is 0 Å². The summed E-state index contributed by atoms with van der Waals surface area (Å²) in [6, 6.07) is 12.9. The zero-order valence-electron chi connectivity index (χ0n) is 16.5. The number of aromatic nitrogens is 2. The summed E-state index contributed by atoms with van der Waals surface area (Å²) in [4.78, 5) is 16.1. The van der Waals surface area contributed by atoms with Crippen molar-refractivity contribution in [1.29, 1.82) is 0 Å². The van der Waals surface area contributed by atoms with Gasteiger partial charge in [0.1, 0.15) is 5.75 Å². The van der Waals surface area contributed by atoms with Crippen molar-refractivity contribution >= 4 is 5.97 Å². The van der Waals surface area contributed by atoms with Gasteiger partial charge in [-0.05, 0) is 36.8 Å². The third kappa shape index (κ3) is 5.25. The van der Waals surface area contributed by atoms with Crippen molar-refractivity contribution in [1.82, 2.24) is 10.1 Å². The molecule has 0 saturated carbocycles. The highest BCUT2D eigenvalue weighted by atomic mass is 16.6. The molecular formula is C21H22N2O6. The molecule has 0 aliphatic heterocycles. The number of aryl methyl sites for hydroxylation is 1. The smallest absolute Gasteiger partial charge is 0.309 e. The number of rotatable bonds is 9. The minimum Gasteiger partial charge on any atom is -0.493 e. The number of para-hydroxylation sites is 1. The summed E-state index contributed by atoms with van der Waals surface area (Å²) in [5.41, 5.74) is 1.70. The van der Waals surface area contributed by atoms with Crippen LogP contribution < -0.4 is 14.2 Å². The van der Waals surface area contributed by atoms with Crippen molar-refractivity contribution in [3.63, 3.8) is 0 Å². The average molecular weight is 398 g/mol. The predicted octanol–water partition coefficient (Wildman–Crippen LogP) is 3.57. The number of esters is 1. The van der Waals surface area contributed by atoms with Crippen molar-refractivity contribution in [2.45, 2.75) is 20.0 Å². The summed E-state index contributed by atoms with van der Waals surface area (Å²) in [5.74, 6) is 2.04. The quantitative estimate of drug-likeness (QED) is 0.505. The molecule has 0 unspecified atom stereocenters. The van der Waals surface area contributed by atoms with Gasteiger partial charge in [0.15, 0.2) is 18.1 Å². The zero-order chi connectivity index (χ0) is 20.6. The maximum atomic E-state index is 11.9. The van der Waals surface area contributed by atoms with Gasteiger partial charge >= 0.3 is 5.97 Å². The Kier molecular flexibility index (Phi) is 6.67. The summed E-state index contributed by atoms with van der Waals surface area (Å²) >= 11 is 0. The lowest BCUT2D eigenvalue weighted by molar-refractivity contribution is -0.146. The molecule has 29 heavy (non-hydrogen) atoms. The van der Waals surface area contributed by atoms with Gasteiger partial charge in [-0.3, -0.25) is 4.79 Å². The maximum absolute atomic E-state index is 11.9. The SMILES string of the molecule is COc1ccc(-c2noc(COC(=O)CCOc3ccccc3C)n2)cc1OC. The van der Waals surface area contributed by atoms with Gasteiger partial charge in [-0.2, -0.15) is 4.98 Å². The fraction of sp³-hybridized carbons (Fsp3) is 0.286. The Morgan fingerprint density at radius 2 is 1.83 bits per heavy atom. The molecule has 1 heterocycles. The molecule has 0 aliphatic carbocycles. The van der Waals surface area contributed by atoms with Crippen molar-refractivity contribution < 1.29 is 28.3 Å². The van der Waals surface area contributed by atoms with Crippen LogP contribution in [0.25, 0.3) is 11.4 Å². The number of hydrogen-bond acceptors (Lipinski definition) is 8. The van der Waals surface area contributed by atoms with Gasteiger partial charge in [0.25, 0.3) is 5.89 Å². The fourth-order valence-corrected chi connectivity index (χ4v) is 2.58. The molecule has 3 rings (SSSR count). The first kappa shape index (κ1) is 20.2. The summed E-state index contributed by atoms with van der Waals surface area (Å²) in [5, 5.41) is 3.91. The van der Waals surface area contributed by atoms with E-state index in [0.717, 1.165) is 11.3 Å². The summed E-state index contributed by atoms with van der Waals surface area (Å²) in [6.07, 6.45) is 0.116. The van der Waals surface area contributed by atoms with Gasteiger partial charge < -0.3 is 23.5 Å². The van der Waals surface area contributed by atoms with E-state index < -0.39 is 5.97 Å². The minimum atomic E-state index is -0.413. The van der Waals surface area contributed by atoms with E-state index in [9.17, 15) is 4.79 Å². The second-order valence-corrected chi connectivity index (χ2v) is 6.11. The zero-order valence-corrected chi connectivity index (χ0v) is 16.5. The van der Waals surface area contributed by atoms with E-state index in [1.807, 2.05) is 31.2 Å². The molecule has 8 heteroatoms. The minimum absolute atomic E-state index is 0.108. The van der Waals surface area contributed by atoms with E-state index in [1.165, 1.54) is 0 Å². The standard InChI is InChI=1S/C21H22N2O6/c1-14-6-4-5-7-16(14)27-11-10-20(24)28-13-19-22-21(23-29-19)15-8-9-17(25-2)18(12-15)26-3/h4-9,12H,10-11,13H2,1-3H3. The summed E-state index contributed by atoms with van der Waals surface area (Å²) in [6.45, 7) is 2.06. The van der Waals surface area contributed by atoms with Crippen LogP contribution in [0.5, 0.6) is 17.2 Å². The highest BCUT2D eigenvalue weighted by molar-refractivity contribution is 5.69. The second kappa shape index (κ2) is 9.59. The van der Waals surface area contributed by atoms with Crippen LogP contribution in [0, 0.1) is 6.92 Å². The molecule has 0 atom stereocenters. The van der Waals surface area contributed by atoms with Gasteiger partial charge in [0.2, 0.25) is 5.82 Å². The number of hydrogen-bond donors (Lipinski definition) is 0. The van der Waals surface area contributed by atoms with E-state index in [-0.39, 0.29) is 25.5 Å². The second-order valence-electron chi connectivity index (χ2n) is 6.11. The number of methoxy groups -OCH3 is 2. The van der Waals surface area contributed by atoms with E-state index >= 15 is 0 Å².